The number of fused-ring (bicyclic) bond motifs is 1. The molecule has 1 aliphatic rings. The van der Waals surface area contributed by atoms with Gasteiger partial charge in [0, 0.05) is 31.1 Å². The SMILES string of the molecule is COC(=O)C[C@H](NC(=O)[C@@H]1CCCN1C(=O)CCCN(C(=O)OC(C)(C)C)c1cc(C)ccn1)c1ccc(-c2ccc(OCc3ccccc3)c3ccccc23)cc1. The Labute approximate surface area is 340 Å². The Morgan fingerprint density at radius 3 is 2.34 bits per heavy atom. The highest BCUT2D eigenvalue weighted by molar-refractivity contribution is 6.00. The standard InChI is InChI=1S/C47H52N4O7/c1-32-25-26-48-42(29-32)51(46(55)58-47(2,3)4)28-12-18-43(52)50-27-11-17-40(50)45(54)49-39(30-44(53)56-5)35-21-19-34(20-22-35)36-23-24-41(38-16-10-9-15-37(36)38)57-31-33-13-7-6-8-14-33/h6-10,13-16,19-26,29,39-40H,11-12,17-18,27-28,30-31H2,1-5H3,(H,49,54)/t39-,40-/m0/s1. The summed E-state index contributed by atoms with van der Waals surface area (Å²) < 4.78 is 16.9. The van der Waals surface area contributed by atoms with Gasteiger partial charge in [-0.2, -0.15) is 0 Å². The number of esters is 1. The van der Waals surface area contributed by atoms with Crippen LogP contribution in [0.15, 0.2) is 109 Å². The van der Waals surface area contributed by atoms with E-state index in [4.69, 9.17) is 14.2 Å². The summed E-state index contributed by atoms with van der Waals surface area (Å²) in [7, 11) is 1.32. The van der Waals surface area contributed by atoms with Crippen LogP contribution >= 0.6 is 0 Å². The minimum absolute atomic E-state index is 0.0773. The van der Waals surface area contributed by atoms with Crippen molar-refractivity contribution in [2.24, 2.45) is 0 Å². The molecule has 11 nitrogen and oxygen atoms in total. The van der Waals surface area contributed by atoms with Gasteiger partial charge in [-0.15, -0.1) is 0 Å². The van der Waals surface area contributed by atoms with Crippen LogP contribution in [0.1, 0.15) is 75.6 Å². The average molecular weight is 785 g/mol. The third-order valence-electron chi connectivity index (χ3n) is 10.1. The van der Waals surface area contributed by atoms with E-state index in [-0.39, 0.29) is 31.2 Å². The van der Waals surface area contributed by atoms with E-state index >= 15 is 0 Å². The second kappa shape index (κ2) is 18.8. The average Bonchev–Trinajstić information content (AvgIpc) is 3.72. The molecule has 58 heavy (non-hydrogen) atoms. The fourth-order valence-electron chi connectivity index (χ4n) is 7.20. The highest BCUT2D eigenvalue weighted by Gasteiger charge is 2.35. The molecule has 0 spiro atoms. The molecule has 4 aromatic carbocycles. The molecule has 1 aliphatic heterocycles. The van der Waals surface area contributed by atoms with E-state index in [1.54, 1.807) is 37.9 Å². The van der Waals surface area contributed by atoms with Crippen LogP contribution in [-0.4, -0.2) is 65.6 Å². The molecule has 1 N–H and O–H groups in total. The summed E-state index contributed by atoms with van der Waals surface area (Å²) >= 11 is 0. The van der Waals surface area contributed by atoms with Crippen LogP contribution in [0.4, 0.5) is 10.6 Å². The van der Waals surface area contributed by atoms with Crippen LogP contribution in [0.3, 0.4) is 0 Å². The van der Waals surface area contributed by atoms with Gasteiger partial charge in [-0.1, -0.05) is 84.9 Å². The molecule has 6 rings (SSSR count). The number of benzene rings is 4. The third kappa shape index (κ3) is 10.6. The molecule has 5 aromatic rings. The highest BCUT2D eigenvalue weighted by Crippen LogP contribution is 2.36. The number of anilines is 1. The number of hydrogen-bond donors (Lipinski definition) is 1. The summed E-state index contributed by atoms with van der Waals surface area (Å²) in [5.74, 6) is 0.253. The van der Waals surface area contributed by atoms with E-state index in [0.29, 0.717) is 38.2 Å². The van der Waals surface area contributed by atoms with Crippen molar-refractivity contribution < 1.29 is 33.4 Å². The van der Waals surface area contributed by atoms with Gasteiger partial charge in [-0.25, -0.2) is 9.78 Å². The fourth-order valence-corrected chi connectivity index (χ4v) is 7.20. The molecule has 0 bridgehead atoms. The van der Waals surface area contributed by atoms with Crippen LogP contribution in [0, 0.1) is 6.92 Å². The summed E-state index contributed by atoms with van der Waals surface area (Å²) in [6, 6.07) is 32.3. The number of methoxy groups -OCH3 is 1. The van der Waals surface area contributed by atoms with Crippen LogP contribution in [0.2, 0.25) is 0 Å². The Bertz CT molecular complexity index is 2220. The molecule has 3 amide bonds. The van der Waals surface area contributed by atoms with Gasteiger partial charge in [-0.3, -0.25) is 19.3 Å². The minimum atomic E-state index is -0.709. The number of rotatable bonds is 14. The maximum atomic E-state index is 13.9. The predicted molar refractivity (Wildman–Crippen MR) is 224 cm³/mol. The molecule has 0 unspecified atom stereocenters. The lowest BCUT2D eigenvalue weighted by atomic mass is 9.95. The topological polar surface area (TPSA) is 127 Å². The zero-order valence-corrected chi connectivity index (χ0v) is 33.9. The largest absolute Gasteiger partial charge is 0.488 e. The van der Waals surface area contributed by atoms with Gasteiger partial charge in [0.05, 0.1) is 19.6 Å². The van der Waals surface area contributed by atoms with E-state index in [1.165, 1.54) is 12.0 Å². The number of aryl methyl sites for hydroxylation is 1. The van der Waals surface area contributed by atoms with Crippen molar-refractivity contribution >= 4 is 40.5 Å². The molecule has 11 heteroatoms. The number of carbonyl (C=O) groups is 4. The van der Waals surface area contributed by atoms with Gasteiger partial charge in [0.15, 0.2) is 0 Å². The molecule has 302 valence electrons. The number of pyridine rings is 1. The van der Waals surface area contributed by atoms with Crippen LogP contribution in [-0.2, 0) is 30.5 Å². The fraction of sp³-hybridized carbons (Fsp3) is 0.340. The Balaban J connectivity index is 1.13. The summed E-state index contributed by atoms with van der Waals surface area (Å²) in [5.41, 5.74) is 4.03. The van der Waals surface area contributed by atoms with Crippen LogP contribution < -0.4 is 15.0 Å². The summed E-state index contributed by atoms with van der Waals surface area (Å²) in [6.07, 6.45) is 2.64. The number of nitrogens with zero attached hydrogens (tertiary/aromatic N) is 3. The van der Waals surface area contributed by atoms with Crippen molar-refractivity contribution in [3.8, 4) is 16.9 Å². The molecule has 1 aromatic heterocycles. The number of nitrogens with one attached hydrogen (secondary N) is 1. The maximum Gasteiger partial charge on any atom is 0.416 e. The van der Waals surface area contributed by atoms with Crippen molar-refractivity contribution in [2.45, 2.75) is 84.1 Å². The highest BCUT2D eigenvalue weighted by atomic mass is 16.6. The van der Waals surface area contributed by atoms with Gasteiger partial charge in [0.25, 0.3) is 0 Å². The number of hydrogen-bond acceptors (Lipinski definition) is 8. The van der Waals surface area contributed by atoms with E-state index in [1.807, 2.05) is 97.9 Å². The van der Waals surface area contributed by atoms with E-state index in [2.05, 4.69) is 16.4 Å². The quantitative estimate of drug-likeness (QED) is 0.111. The second-order valence-electron chi connectivity index (χ2n) is 15.6. The molecule has 2 heterocycles. The number of aromatic nitrogens is 1. The number of likely N-dealkylation sites (tertiary alicyclic amines) is 1. The second-order valence-corrected chi connectivity index (χ2v) is 15.6. The van der Waals surface area contributed by atoms with Crippen molar-refractivity contribution in [1.82, 2.24) is 15.2 Å². The molecule has 1 fully saturated rings. The first-order chi connectivity index (χ1) is 27.9. The van der Waals surface area contributed by atoms with Crippen LogP contribution in [0.25, 0.3) is 21.9 Å². The van der Waals surface area contributed by atoms with E-state index in [0.717, 1.165) is 44.3 Å². The summed E-state index contributed by atoms with van der Waals surface area (Å²) in [4.78, 5) is 60.7. The Morgan fingerprint density at radius 1 is 0.914 bits per heavy atom. The first kappa shape index (κ1) is 41.4. The van der Waals surface area contributed by atoms with Gasteiger partial charge in [0.1, 0.15) is 29.8 Å². The molecular formula is C47H52N4O7. The number of carbonyl (C=O) groups excluding carboxylic acids is 4. The smallest absolute Gasteiger partial charge is 0.416 e. The van der Waals surface area contributed by atoms with E-state index < -0.39 is 29.7 Å². The first-order valence-corrected chi connectivity index (χ1v) is 19.8. The number of amides is 3. The molecule has 0 radical (unpaired) electrons. The normalized spacial score (nSPS) is 14.4. The maximum absolute atomic E-state index is 13.9. The molecule has 1 saturated heterocycles. The lowest BCUT2D eigenvalue weighted by Gasteiger charge is -2.28. The van der Waals surface area contributed by atoms with Gasteiger partial charge >= 0.3 is 12.1 Å². The van der Waals surface area contributed by atoms with Crippen molar-refractivity contribution in [3.05, 3.63) is 126 Å². The first-order valence-electron chi connectivity index (χ1n) is 19.8. The minimum Gasteiger partial charge on any atom is -0.488 e. The van der Waals surface area contributed by atoms with Gasteiger partial charge in [-0.05, 0) is 98.4 Å². The molecular weight excluding hydrogens is 733 g/mol. The van der Waals surface area contributed by atoms with E-state index in [9.17, 15) is 19.2 Å². The Morgan fingerprint density at radius 2 is 1.64 bits per heavy atom. The predicted octanol–water partition coefficient (Wildman–Crippen LogP) is 8.72. The molecule has 0 aliphatic carbocycles. The monoisotopic (exact) mass is 784 g/mol. The van der Waals surface area contributed by atoms with Crippen LogP contribution in [0.5, 0.6) is 5.75 Å². The zero-order chi connectivity index (χ0) is 41.2. The molecule has 2 atom stereocenters. The van der Waals surface area contributed by atoms with Gasteiger partial charge < -0.3 is 24.4 Å². The van der Waals surface area contributed by atoms with Crippen molar-refractivity contribution in [3.63, 3.8) is 0 Å². The Hall–Kier alpha value is -6.23. The lowest BCUT2D eigenvalue weighted by Crippen LogP contribution is -2.47. The lowest BCUT2D eigenvalue weighted by molar-refractivity contribution is -0.142. The molecule has 0 saturated carbocycles. The third-order valence-corrected chi connectivity index (χ3v) is 10.1. The van der Waals surface area contributed by atoms with Gasteiger partial charge in [0.2, 0.25) is 11.8 Å². The van der Waals surface area contributed by atoms with Crippen molar-refractivity contribution in [1.29, 1.82) is 0 Å². The summed E-state index contributed by atoms with van der Waals surface area (Å²) in [5, 5.41) is 5.09. The zero-order valence-electron chi connectivity index (χ0n) is 33.9. The Kier molecular flexibility index (Phi) is 13.4. The number of ether oxygens (including phenoxy) is 3. The van der Waals surface area contributed by atoms with Crippen molar-refractivity contribution in [2.75, 3.05) is 25.1 Å². The summed E-state index contributed by atoms with van der Waals surface area (Å²) in [6.45, 7) is 8.41.